The van der Waals surface area contributed by atoms with Crippen LogP contribution < -0.4 is 15.0 Å². The van der Waals surface area contributed by atoms with Crippen molar-refractivity contribution in [3.8, 4) is 17.0 Å². The van der Waals surface area contributed by atoms with Crippen molar-refractivity contribution in [3.63, 3.8) is 0 Å². The molecule has 0 aliphatic carbocycles. The highest BCUT2D eigenvalue weighted by Gasteiger charge is 2.37. The van der Waals surface area contributed by atoms with Gasteiger partial charge in [0.25, 0.3) is 0 Å². The number of nitrogens with one attached hydrogen (secondary N) is 1. The van der Waals surface area contributed by atoms with Crippen molar-refractivity contribution >= 4 is 11.8 Å². The second-order valence-electron chi connectivity index (χ2n) is 12.5. The van der Waals surface area contributed by atoms with Crippen LogP contribution in [0.15, 0.2) is 48.5 Å². The molecule has 0 bridgehead atoms. The van der Waals surface area contributed by atoms with E-state index in [0.717, 1.165) is 54.3 Å². The minimum Gasteiger partial charge on any atom is -0.488 e. The third-order valence-corrected chi connectivity index (χ3v) is 8.42. The molecule has 0 spiro atoms. The summed E-state index contributed by atoms with van der Waals surface area (Å²) in [5.41, 5.74) is 7.87. The van der Waals surface area contributed by atoms with Crippen molar-refractivity contribution in [2.45, 2.75) is 72.2 Å². The maximum Gasteiger partial charge on any atom is 0.312 e. The highest BCUT2D eigenvalue weighted by atomic mass is 16.6. The number of esters is 1. The average Bonchev–Trinajstić information content (AvgIpc) is 3.22. The fourth-order valence-electron chi connectivity index (χ4n) is 6.12. The van der Waals surface area contributed by atoms with Crippen molar-refractivity contribution in [2.24, 2.45) is 5.92 Å². The van der Waals surface area contributed by atoms with Crippen molar-refractivity contribution in [2.75, 3.05) is 38.2 Å². The molecule has 0 amide bonds. The van der Waals surface area contributed by atoms with Crippen LogP contribution in [0.25, 0.3) is 11.3 Å². The standard InChI is InChI=1S/C35H45N3O4/c1-23-9-7-10-28(33(23)41-22-26-14-13-25-15-18-36-19-16-27(25)24(26)2)30-11-8-12-32(37-30)38-20-17-29(31(21-38)40-6)34(39)42-35(3,4)5/h7-14,29,31,36H,15-22H2,1-6H3/t29-,31+/m1/s1. The number of aromatic nitrogens is 1. The van der Waals surface area contributed by atoms with Crippen LogP contribution in [0.2, 0.25) is 0 Å². The largest absolute Gasteiger partial charge is 0.488 e. The summed E-state index contributed by atoms with van der Waals surface area (Å²) >= 11 is 0. The number of rotatable bonds is 7. The molecule has 7 nitrogen and oxygen atoms in total. The molecule has 5 rings (SSSR count). The molecular weight excluding hydrogens is 526 g/mol. The number of benzene rings is 2. The SMILES string of the molecule is CO[C@H]1CN(c2cccc(-c3cccc(C)c3OCc3ccc4c(c3C)CCNCC4)n2)CC[C@H]1C(=O)OC(C)(C)C. The van der Waals surface area contributed by atoms with Crippen LogP contribution in [-0.4, -0.2) is 55.9 Å². The molecule has 3 heterocycles. The zero-order chi connectivity index (χ0) is 29.9. The van der Waals surface area contributed by atoms with Crippen molar-refractivity contribution < 1.29 is 19.0 Å². The first kappa shape index (κ1) is 30.1. The summed E-state index contributed by atoms with van der Waals surface area (Å²) in [7, 11) is 1.66. The van der Waals surface area contributed by atoms with E-state index in [9.17, 15) is 4.79 Å². The van der Waals surface area contributed by atoms with Crippen LogP contribution in [0, 0.1) is 19.8 Å². The number of aryl methyl sites for hydroxylation is 1. The average molecular weight is 572 g/mol. The summed E-state index contributed by atoms with van der Waals surface area (Å²) in [6, 6.07) is 16.8. The lowest BCUT2D eigenvalue weighted by atomic mass is 9.93. The monoisotopic (exact) mass is 571 g/mol. The van der Waals surface area contributed by atoms with Gasteiger partial charge in [-0.05, 0) is 113 Å². The molecule has 7 heteroatoms. The van der Waals surface area contributed by atoms with Gasteiger partial charge in [-0.15, -0.1) is 0 Å². The van der Waals surface area contributed by atoms with Gasteiger partial charge in [0.1, 0.15) is 23.8 Å². The Balaban J connectivity index is 1.35. The van der Waals surface area contributed by atoms with E-state index in [4.69, 9.17) is 19.2 Å². The van der Waals surface area contributed by atoms with Gasteiger partial charge in [-0.25, -0.2) is 4.98 Å². The van der Waals surface area contributed by atoms with Gasteiger partial charge in [0.15, 0.2) is 0 Å². The van der Waals surface area contributed by atoms with Crippen LogP contribution in [0.3, 0.4) is 0 Å². The van der Waals surface area contributed by atoms with Crippen LogP contribution in [-0.2, 0) is 33.7 Å². The maximum atomic E-state index is 12.9. The Bertz CT molecular complexity index is 1410. The number of fused-ring (bicyclic) bond motifs is 1. The molecule has 2 aliphatic rings. The molecule has 0 radical (unpaired) electrons. The summed E-state index contributed by atoms with van der Waals surface area (Å²) in [5, 5.41) is 3.51. The molecule has 2 atom stereocenters. The quantitative estimate of drug-likeness (QED) is 0.359. The molecule has 2 aromatic carbocycles. The topological polar surface area (TPSA) is 72.9 Å². The van der Waals surface area contributed by atoms with Gasteiger partial charge in [0.2, 0.25) is 0 Å². The molecule has 0 saturated carbocycles. The summed E-state index contributed by atoms with van der Waals surface area (Å²) in [6.07, 6.45) is 2.51. The van der Waals surface area contributed by atoms with Crippen molar-refractivity contribution in [3.05, 3.63) is 76.3 Å². The number of para-hydroxylation sites is 1. The molecule has 1 aromatic heterocycles. The highest BCUT2D eigenvalue weighted by Crippen LogP contribution is 2.35. The Labute approximate surface area is 250 Å². The van der Waals surface area contributed by atoms with Crippen molar-refractivity contribution in [1.29, 1.82) is 0 Å². The fourth-order valence-corrected chi connectivity index (χ4v) is 6.12. The maximum absolute atomic E-state index is 12.9. The molecule has 2 aliphatic heterocycles. The Kier molecular flexibility index (Phi) is 9.19. The van der Waals surface area contributed by atoms with E-state index in [2.05, 4.69) is 54.4 Å². The van der Waals surface area contributed by atoms with Crippen LogP contribution >= 0.6 is 0 Å². The van der Waals surface area contributed by atoms with Gasteiger partial charge in [-0.1, -0.05) is 30.3 Å². The first-order valence-corrected chi connectivity index (χ1v) is 15.2. The number of hydrogen-bond acceptors (Lipinski definition) is 7. The smallest absolute Gasteiger partial charge is 0.312 e. The number of carbonyl (C=O) groups excluding carboxylic acids is 1. The molecule has 1 N–H and O–H groups in total. The van der Waals surface area contributed by atoms with Crippen LogP contribution in [0.4, 0.5) is 5.82 Å². The molecule has 1 fully saturated rings. The van der Waals surface area contributed by atoms with Crippen molar-refractivity contribution in [1.82, 2.24) is 10.3 Å². The number of nitrogens with zero attached hydrogens (tertiary/aromatic N) is 2. The third kappa shape index (κ3) is 6.79. The van der Waals surface area contributed by atoms with E-state index >= 15 is 0 Å². The Morgan fingerprint density at radius 1 is 1.05 bits per heavy atom. The number of ether oxygens (including phenoxy) is 3. The molecule has 42 heavy (non-hydrogen) atoms. The Hall–Kier alpha value is -3.42. The number of carbonyl (C=O) groups is 1. The number of anilines is 1. The number of pyridine rings is 1. The van der Waals surface area contributed by atoms with Crippen LogP contribution in [0.1, 0.15) is 55.0 Å². The Morgan fingerprint density at radius 2 is 1.83 bits per heavy atom. The third-order valence-electron chi connectivity index (χ3n) is 8.42. The van der Waals surface area contributed by atoms with E-state index in [1.165, 1.54) is 22.3 Å². The minimum atomic E-state index is -0.522. The normalized spacial score (nSPS) is 19.1. The van der Waals surface area contributed by atoms with E-state index in [1.807, 2.05) is 39.0 Å². The molecule has 0 unspecified atom stereocenters. The van der Waals surface area contributed by atoms with Gasteiger partial charge in [0, 0.05) is 25.8 Å². The molecule has 224 valence electrons. The molecule has 1 saturated heterocycles. The number of hydrogen-bond donors (Lipinski definition) is 1. The minimum absolute atomic E-state index is 0.196. The van der Waals surface area contributed by atoms with E-state index in [1.54, 1.807) is 7.11 Å². The lowest BCUT2D eigenvalue weighted by Crippen LogP contribution is -2.49. The van der Waals surface area contributed by atoms with Gasteiger partial charge in [0.05, 0.1) is 17.7 Å². The lowest BCUT2D eigenvalue weighted by molar-refractivity contribution is -0.165. The summed E-state index contributed by atoms with van der Waals surface area (Å²) < 4.78 is 18.0. The lowest BCUT2D eigenvalue weighted by Gasteiger charge is -2.38. The van der Waals surface area contributed by atoms with E-state index in [0.29, 0.717) is 26.1 Å². The van der Waals surface area contributed by atoms with Gasteiger partial charge < -0.3 is 24.4 Å². The first-order valence-electron chi connectivity index (χ1n) is 15.2. The predicted molar refractivity (Wildman–Crippen MR) is 167 cm³/mol. The summed E-state index contributed by atoms with van der Waals surface area (Å²) in [6.45, 7) is 13.8. The number of methoxy groups -OCH3 is 1. The Morgan fingerprint density at radius 3 is 2.62 bits per heavy atom. The predicted octanol–water partition coefficient (Wildman–Crippen LogP) is 5.82. The van der Waals surface area contributed by atoms with Gasteiger partial charge in [-0.3, -0.25) is 4.79 Å². The molecular formula is C35H45N3O4. The second kappa shape index (κ2) is 12.8. The van der Waals surface area contributed by atoms with E-state index in [-0.39, 0.29) is 18.0 Å². The number of piperidine rings is 1. The zero-order valence-corrected chi connectivity index (χ0v) is 26.0. The molecule has 3 aromatic rings. The summed E-state index contributed by atoms with van der Waals surface area (Å²) in [5.74, 6) is 1.23. The second-order valence-corrected chi connectivity index (χ2v) is 12.5. The van der Waals surface area contributed by atoms with Gasteiger partial charge in [-0.2, -0.15) is 0 Å². The summed E-state index contributed by atoms with van der Waals surface area (Å²) in [4.78, 5) is 20.1. The fraction of sp³-hybridized carbons (Fsp3) is 0.486. The highest BCUT2D eigenvalue weighted by molar-refractivity contribution is 5.74. The van der Waals surface area contributed by atoms with E-state index < -0.39 is 5.60 Å². The zero-order valence-electron chi connectivity index (χ0n) is 26.0. The van der Waals surface area contributed by atoms with Gasteiger partial charge >= 0.3 is 5.97 Å². The first-order chi connectivity index (χ1) is 20.1. The van der Waals surface area contributed by atoms with Crippen LogP contribution in [0.5, 0.6) is 5.75 Å².